The van der Waals surface area contributed by atoms with E-state index in [1.54, 1.807) is 29.2 Å². The van der Waals surface area contributed by atoms with E-state index < -0.39 is 0 Å². The van der Waals surface area contributed by atoms with Gasteiger partial charge in [0.25, 0.3) is 5.91 Å². The molecular formula is C19H22N2O2S. The van der Waals surface area contributed by atoms with Crippen LogP contribution in [0.2, 0.25) is 0 Å². The molecule has 0 spiro atoms. The van der Waals surface area contributed by atoms with Crippen molar-refractivity contribution in [2.24, 2.45) is 5.92 Å². The van der Waals surface area contributed by atoms with Crippen LogP contribution in [-0.4, -0.2) is 18.4 Å². The van der Waals surface area contributed by atoms with Crippen LogP contribution in [0.1, 0.15) is 47.6 Å². The maximum Gasteiger partial charge on any atom is 0.251 e. The number of amides is 2. The van der Waals surface area contributed by atoms with Gasteiger partial charge in [-0.25, -0.2) is 0 Å². The van der Waals surface area contributed by atoms with Crippen molar-refractivity contribution in [2.45, 2.75) is 33.2 Å². The molecule has 0 unspecified atom stereocenters. The Hall–Kier alpha value is -2.14. The number of carbonyl (C=O) groups is 2. The van der Waals surface area contributed by atoms with Gasteiger partial charge in [0.15, 0.2) is 0 Å². The second kappa shape index (κ2) is 6.77. The van der Waals surface area contributed by atoms with E-state index >= 15 is 0 Å². The molecule has 2 aromatic rings. The summed E-state index contributed by atoms with van der Waals surface area (Å²) in [5.74, 6) is 0.296. The third kappa shape index (κ3) is 3.22. The van der Waals surface area contributed by atoms with Gasteiger partial charge in [0.05, 0.1) is 6.04 Å². The zero-order chi connectivity index (χ0) is 17.3. The Balaban J connectivity index is 1.80. The quantitative estimate of drug-likeness (QED) is 0.919. The standard InChI is InChI=1S/C19H22N2O2S/c1-12(2)18(17-5-4-10-24-17)20-19(23)15-6-7-16-14(11-15)8-9-21(16)13(3)22/h4-7,10-12,18H,8-9H2,1-3H3,(H,20,23)/t18-/m1/s1. The molecule has 126 valence electrons. The minimum Gasteiger partial charge on any atom is -0.344 e. The summed E-state index contributed by atoms with van der Waals surface area (Å²) in [4.78, 5) is 27.2. The molecule has 1 aliphatic rings. The average molecular weight is 342 g/mol. The Labute approximate surface area is 146 Å². The fraction of sp³-hybridized carbons (Fsp3) is 0.368. The van der Waals surface area contributed by atoms with Crippen molar-refractivity contribution < 1.29 is 9.59 Å². The normalized spacial score (nSPS) is 14.6. The lowest BCUT2D eigenvalue weighted by Gasteiger charge is -2.21. The van der Waals surface area contributed by atoms with Crippen molar-refractivity contribution >= 4 is 28.8 Å². The number of carbonyl (C=O) groups excluding carboxylic acids is 2. The lowest BCUT2D eigenvalue weighted by atomic mass is 10.0. The maximum atomic E-state index is 12.7. The number of hydrogen-bond acceptors (Lipinski definition) is 3. The zero-order valence-corrected chi connectivity index (χ0v) is 15.0. The number of anilines is 1. The molecule has 3 rings (SSSR count). The van der Waals surface area contributed by atoms with E-state index in [-0.39, 0.29) is 17.9 Å². The molecule has 0 saturated heterocycles. The van der Waals surface area contributed by atoms with Gasteiger partial charge in [0, 0.05) is 29.6 Å². The Morgan fingerprint density at radius 1 is 1.25 bits per heavy atom. The summed E-state index contributed by atoms with van der Waals surface area (Å²) in [5.41, 5.74) is 2.65. The number of thiophene rings is 1. The number of fused-ring (bicyclic) bond motifs is 1. The first-order valence-corrected chi connectivity index (χ1v) is 9.10. The largest absolute Gasteiger partial charge is 0.344 e. The molecular weight excluding hydrogens is 320 g/mol. The molecule has 2 heterocycles. The Kier molecular flexibility index (Phi) is 4.71. The molecule has 24 heavy (non-hydrogen) atoms. The van der Waals surface area contributed by atoms with E-state index in [1.807, 2.05) is 23.6 Å². The minimum atomic E-state index is -0.0637. The molecule has 1 aromatic heterocycles. The van der Waals surface area contributed by atoms with Crippen LogP contribution in [0.4, 0.5) is 5.69 Å². The first kappa shape index (κ1) is 16.7. The number of benzene rings is 1. The van der Waals surface area contributed by atoms with Gasteiger partial charge in [-0.05, 0) is 47.5 Å². The van der Waals surface area contributed by atoms with Gasteiger partial charge >= 0.3 is 0 Å². The van der Waals surface area contributed by atoms with E-state index in [1.165, 1.54) is 4.88 Å². The molecule has 5 heteroatoms. The van der Waals surface area contributed by atoms with E-state index in [0.717, 1.165) is 17.7 Å². The molecule has 4 nitrogen and oxygen atoms in total. The van der Waals surface area contributed by atoms with Crippen LogP contribution in [0, 0.1) is 5.92 Å². The Morgan fingerprint density at radius 2 is 2.04 bits per heavy atom. The molecule has 0 radical (unpaired) electrons. The topological polar surface area (TPSA) is 49.4 Å². The number of rotatable bonds is 4. The van der Waals surface area contributed by atoms with Crippen molar-refractivity contribution in [1.29, 1.82) is 0 Å². The summed E-state index contributed by atoms with van der Waals surface area (Å²) >= 11 is 1.66. The van der Waals surface area contributed by atoms with Crippen LogP contribution in [0.3, 0.4) is 0 Å². The van der Waals surface area contributed by atoms with Crippen molar-refractivity contribution in [3.63, 3.8) is 0 Å². The third-order valence-electron chi connectivity index (χ3n) is 4.42. The smallest absolute Gasteiger partial charge is 0.251 e. The summed E-state index contributed by atoms with van der Waals surface area (Å²) in [7, 11) is 0. The number of nitrogens with one attached hydrogen (secondary N) is 1. The average Bonchev–Trinajstić information content (AvgIpc) is 3.20. The van der Waals surface area contributed by atoms with E-state index in [4.69, 9.17) is 0 Å². The predicted octanol–water partition coefficient (Wildman–Crippen LogP) is 3.78. The Bertz CT molecular complexity index is 753. The van der Waals surface area contributed by atoms with Gasteiger partial charge in [0.2, 0.25) is 5.91 Å². The molecule has 0 aliphatic carbocycles. The predicted molar refractivity (Wildman–Crippen MR) is 97.5 cm³/mol. The van der Waals surface area contributed by atoms with Crippen molar-refractivity contribution in [3.05, 3.63) is 51.7 Å². The molecule has 0 saturated carbocycles. The first-order chi connectivity index (χ1) is 11.5. The Morgan fingerprint density at radius 3 is 2.67 bits per heavy atom. The SMILES string of the molecule is CC(=O)N1CCc2cc(C(=O)N[C@@H](c3cccs3)C(C)C)ccc21. The van der Waals surface area contributed by atoms with Crippen LogP contribution < -0.4 is 10.2 Å². The summed E-state index contributed by atoms with van der Waals surface area (Å²) in [6.45, 7) is 6.49. The molecule has 0 fully saturated rings. The third-order valence-corrected chi connectivity index (χ3v) is 5.38. The first-order valence-electron chi connectivity index (χ1n) is 8.22. The number of hydrogen-bond donors (Lipinski definition) is 1. The second-order valence-corrected chi connectivity index (χ2v) is 7.45. The molecule has 2 amide bonds. The van der Waals surface area contributed by atoms with Gasteiger partial charge in [-0.2, -0.15) is 0 Å². The fourth-order valence-electron chi connectivity index (χ4n) is 3.13. The molecule has 1 aromatic carbocycles. The zero-order valence-electron chi connectivity index (χ0n) is 14.2. The van der Waals surface area contributed by atoms with Crippen LogP contribution >= 0.6 is 11.3 Å². The summed E-state index contributed by atoms with van der Waals surface area (Å²) in [6, 6.07) is 9.69. The van der Waals surface area contributed by atoms with Crippen LogP contribution in [-0.2, 0) is 11.2 Å². The van der Waals surface area contributed by atoms with E-state index in [9.17, 15) is 9.59 Å². The fourth-order valence-corrected chi connectivity index (χ4v) is 4.08. The minimum absolute atomic E-state index is 0.0134. The molecule has 1 atom stereocenters. The highest BCUT2D eigenvalue weighted by Crippen LogP contribution is 2.30. The van der Waals surface area contributed by atoms with Gasteiger partial charge in [-0.15, -0.1) is 11.3 Å². The van der Waals surface area contributed by atoms with Crippen molar-refractivity contribution in [1.82, 2.24) is 5.32 Å². The molecule has 1 aliphatic heterocycles. The van der Waals surface area contributed by atoms with Crippen LogP contribution in [0.5, 0.6) is 0 Å². The van der Waals surface area contributed by atoms with Gasteiger partial charge in [0.1, 0.15) is 0 Å². The molecule has 1 N–H and O–H groups in total. The van der Waals surface area contributed by atoms with Crippen molar-refractivity contribution in [3.8, 4) is 0 Å². The van der Waals surface area contributed by atoms with Crippen LogP contribution in [0.25, 0.3) is 0 Å². The highest BCUT2D eigenvalue weighted by Gasteiger charge is 2.24. The van der Waals surface area contributed by atoms with Gasteiger partial charge < -0.3 is 10.2 Å². The lowest BCUT2D eigenvalue weighted by molar-refractivity contribution is -0.116. The summed E-state index contributed by atoms with van der Waals surface area (Å²) < 4.78 is 0. The van der Waals surface area contributed by atoms with Crippen molar-refractivity contribution in [2.75, 3.05) is 11.4 Å². The summed E-state index contributed by atoms with van der Waals surface area (Å²) in [5, 5.41) is 5.18. The highest BCUT2D eigenvalue weighted by molar-refractivity contribution is 7.10. The number of nitrogens with zero attached hydrogens (tertiary/aromatic N) is 1. The monoisotopic (exact) mass is 342 g/mol. The second-order valence-electron chi connectivity index (χ2n) is 6.47. The highest BCUT2D eigenvalue weighted by atomic mass is 32.1. The van der Waals surface area contributed by atoms with Crippen LogP contribution in [0.15, 0.2) is 35.7 Å². The maximum absolute atomic E-state index is 12.7. The van der Waals surface area contributed by atoms with Gasteiger partial charge in [-0.3, -0.25) is 9.59 Å². The van der Waals surface area contributed by atoms with Gasteiger partial charge in [-0.1, -0.05) is 19.9 Å². The van der Waals surface area contributed by atoms with E-state index in [2.05, 4.69) is 25.2 Å². The summed E-state index contributed by atoms with van der Waals surface area (Å²) in [6.07, 6.45) is 0.800. The molecule has 0 bridgehead atoms. The van der Waals surface area contributed by atoms with E-state index in [0.29, 0.717) is 18.0 Å². The lowest BCUT2D eigenvalue weighted by Crippen LogP contribution is -2.31.